The van der Waals surface area contributed by atoms with Crippen molar-refractivity contribution >= 4 is 23.3 Å². The molecule has 8 nitrogen and oxygen atoms in total. The monoisotopic (exact) mass is 439 g/mol. The lowest BCUT2D eigenvalue weighted by Gasteiger charge is -2.28. The number of pyridine rings is 1. The lowest BCUT2D eigenvalue weighted by molar-refractivity contribution is -0.148. The van der Waals surface area contributed by atoms with Crippen LogP contribution in [0.3, 0.4) is 0 Å². The number of amides is 1. The molecule has 0 atom stereocenters. The van der Waals surface area contributed by atoms with Gasteiger partial charge in [0.1, 0.15) is 6.54 Å². The van der Waals surface area contributed by atoms with Gasteiger partial charge in [-0.05, 0) is 30.3 Å². The van der Waals surface area contributed by atoms with E-state index in [1.165, 1.54) is 0 Å². The Morgan fingerprint density at radius 2 is 1.74 bits per heavy atom. The maximum Gasteiger partial charge on any atom is 0.417 e. The van der Waals surface area contributed by atoms with Crippen molar-refractivity contribution in [3.05, 3.63) is 58.5 Å². The van der Waals surface area contributed by atoms with Crippen molar-refractivity contribution in [3.63, 3.8) is 0 Å². The minimum Gasteiger partial charge on any atom is -0.454 e. The third kappa shape index (κ3) is 6.32. The van der Waals surface area contributed by atoms with Gasteiger partial charge in [0.2, 0.25) is 0 Å². The van der Waals surface area contributed by atoms with Crippen molar-refractivity contribution in [1.82, 2.24) is 4.57 Å². The predicted octanol–water partition coefficient (Wildman–Crippen LogP) is 1.89. The number of morpholine rings is 1. The lowest BCUT2D eigenvalue weighted by atomic mass is 10.2. The first-order valence-corrected chi connectivity index (χ1v) is 9.38. The Morgan fingerprint density at radius 1 is 1.06 bits per heavy atom. The summed E-state index contributed by atoms with van der Waals surface area (Å²) in [7, 11) is 0. The van der Waals surface area contributed by atoms with E-state index < -0.39 is 42.3 Å². The first-order chi connectivity index (χ1) is 14.7. The van der Waals surface area contributed by atoms with Gasteiger partial charge < -0.3 is 24.3 Å². The maximum absolute atomic E-state index is 12.7. The average Bonchev–Trinajstić information content (AvgIpc) is 2.74. The summed E-state index contributed by atoms with van der Waals surface area (Å²) in [6, 6.07) is 8.42. The molecule has 166 valence electrons. The van der Waals surface area contributed by atoms with Gasteiger partial charge in [-0.2, -0.15) is 13.2 Å². The van der Waals surface area contributed by atoms with Crippen molar-refractivity contribution in [2.75, 3.05) is 43.1 Å². The van der Waals surface area contributed by atoms with Crippen LogP contribution < -0.4 is 15.8 Å². The number of benzene rings is 1. The molecule has 31 heavy (non-hydrogen) atoms. The number of anilines is 2. The third-order valence-corrected chi connectivity index (χ3v) is 4.50. The van der Waals surface area contributed by atoms with Crippen molar-refractivity contribution in [3.8, 4) is 0 Å². The van der Waals surface area contributed by atoms with Crippen LogP contribution >= 0.6 is 0 Å². The van der Waals surface area contributed by atoms with E-state index in [1.54, 1.807) is 12.1 Å². The lowest BCUT2D eigenvalue weighted by Crippen LogP contribution is -2.36. The molecule has 2 aromatic rings. The largest absolute Gasteiger partial charge is 0.454 e. The van der Waals surface area contributed by atoms with Gasteiger partial charge in [-0.3, -0.25) is 14.4 Å². The third-order valence-electron chi connectivity index (χ3n) is 4.50. The Bertz CT molecular complexity index is 983. The van der Waals surface area contributed by atoms with Gasteiger partial charge in [0, 0.05) is 36.7 Å². The minimum atomic E-state index is -4.66. The molecule has 1 aromatic heterocycles. The molecule has 0 unspecified atom stereocenters. The highest BCUT2D eigenvalue weighted by molar-refractivity contribution is 5.92. The van der Waals surface area contributed by atoms with Gasteiger partial charge in [0.15, 0.2) is 6.61 Å². The first kappa shape index (κ1) is 22.3. The maximum atomic E-state index is 12.7. The summed E-state index contributed by atoms with van der Waals surface area (Å²) in [6.07, 6.45) is -4.13. The topological polar surface area (TPSA) is 89.9 Å². The molecule has 1 amide bonds. The van der Waals surface area contributed by atoms with Crippen molar-refractivity contribution in [2.45, 2.75) is 12.7 Å². The van der Waals surface area contributed by atoms with Gasteiger partial charge in [-0.1, -0.05) is 0 Å². The molecule has 0 saturated carbocycles. The van der Waals surface area contributed by atoms with E-state index in [1.807, 2.05) is 12.1 Å². The number of nitrogens with one attached hydrogen (secondary N) is 1. The molecule has 0 aliphatic carbocycles. The summed E-state index contributed by atoms with van der Waals surface area (Å²) in [5, 5.41) is 2.56. The van der Waals surface area contributed by atoms with Crippen LogP contribution in [0.5, 0.6) is 0 Å². The smallest absolute Gasteiger partial charge is 0.417 e. The fourth-order valence-corrected chi connectivity index (χ4v) is 2.93. The van der Waals surface area contributed by atoms with Gasteiger partial charge >= 0.3 is 12.1 Å². The molecule has 0 bridgehead atoms. The SMILES string of the molecule is O=C(COC(=O)Cn1cc(C(F)(F)F)ccc1=O)Nc1ccc(N2CCOCC2)cc1. The van der Waals surface area contributed by atoms with Gasteiger partial charge in [-0.15, -0.1) is 0 Å². The Balaban J connectivity index is 1.49. The first-order valence-electron chi connectivity index (χ1n) is 9.38. The highest BCUT2D eigenvalue weighted by Gasteiger charge is 2.31. The van der Waals surface area contributed by atoms with Gasteiger partial charge in [0.05, 0.1) is 18.8 Å². The number of alkyl halides is 3. The molecule has 1 N–H and O–H groups in total. The van der Waals surface area contributed by atoms with E-state index in [0.29, 0.717) is 41.8 Å². The summed E-state index contributed by atoms with van der Waals surface area (Å²) in [5.74, 6) is -1.64. The fraction of sp³-hybridized carbons (Fsp3) is 0.350. The molecular formula is C20H20F3N3O5. The van der Waals surface area contributed by atoms with Crippen LogP contribution in [0.1, 0.15) is 5.56 Å². The van der Waals surface area contributed by atoms with Crippen LogP contribution in [0.4, 0.5) is 24.5 Å². The molecule has 1 fully saturated rings. The highest BCUT2D eigenvalue weighted by atomic mass is 19.4. The van der Waals surface area contributed by atoms with E-state index in [4.69, 9.17) is 9.47 Å². The van der Waals surface area contributed by atoms with Crippen molar-refractivity contribution in [1.29, 1.82) is 0 Å². The average molecular weight is 439 g/mol. The normalized spacial score (nSPS) is 14.2. The second-order valence-corrected chi connectivity index (χ2v) is 6.74. The number of nitrogens with zero attached hydrogens (tertiary/aromatic N) is 2. The summed E-state index contributed by atoms with van der Waals surface area (Å²) in [6.45, 7) is 1.46. The number of carbonyl (C=O) groups excluding carboxylic acids is 2. The molecule has 2 heterocycles. The minimum absolute atomic E-state index is 0.493. The van der Waals surface area contributed by atoms with E-state index in [0.717, 1.165) is 18.8 Å². The molecule has 11 heteroatoms. The van der Waals surface area contributed by atoms with E-state index in [2.05, 4.69) is 10.2 Å². The fourth-order valence-electron chi connectivity index (χ4n) is 2.93. The standard InChI is InChI=1S/C20H20F3N3O5/c21-20(22,23)14-1-6-18(28)26(11-14)12-19(29)31-13-17(27)24-15-2-4-16(5-3-15)25-7-9-30-10-8-25/h1-6,11H,7-10,12-13H2,(H,24,27). The Hall–Kier alpha value is -3.34. The van der Waals surface area contributed by atoms with E-state index in [-0.39, 0.29) is 0 Å². The van der Waals surface area contributed by atoms with E-state index in [9.17, 15) is 27.6 Å². The number of rotatable bonds is 6. The number of hydrogen-bond donors (Lipinski definition) is 1. The number of hydrogen-bond acceptors (Lipinski definition) is 6. The Kier molecular flexibility index (Phi) is 6.95. The number of esters is 1. The summed E-state index contributed by atoms with van der Waals surface area (Å²) < 4.78 is 48.8. The molecular weight excluding hydrogens is 419 g/mol. The van der Waals surface area contributed by atoms with Crippen LogP contribution in [-0.4, -0.2) is 49.4 Å². The summed E-state index contributed by atoms with van der Waals surface area (Å²) in [4.78, 5) is 37.6. The molecule has 3 rings (SSSR count). The summed E-state index contributed by atoms with van der Waals surface area (Å²) in [5.41, 5.74) is -0.389. The molecule has 1 aliphatic heterocycles. The van der Waals surface area contributed by atoms with Crippen LogP contribution in [-0.2, 0) is 31.8 Å². The zero-order chi connectivity index (χ0) is 22.4. The molecule has 0 spiro atoms. The van der Waals surface area contributed by atoms with Gasteiger partial charge in [-0.25, -0.2) is 0 Å². The van der Waals surface area contributed by atoms with Crippen LogP contribution in [0.25, 0.3) is 0 Å². The molecule has 0 radical (unpaired) electrons. The van der Waals surface area contributed by atoms with Crippen LogP contribution in [0.2, 0.25) is 0 Å². The zero-order valence-electron chi connectivity index (χ0n) is 16.4. The number of carbonyl (C=O) groups is 2. The van der Waals surface area contributed by atoms with E-state index >= 15 is 0 Å². The highest BCUT2D eigenvalue weighted by Crippen LogP contribution is 2.28. The number of halogens is 3. The second-order valence-electron chi connectivity index (χ2n) is 6.74. The quantitative estimate of drug-likeness (QED) is 0.692. The van der Waals surface area contributed by atoms with Crippen molar-refractivity contribution < 1.29 is 32.2 Å². The number of ether oxygens (including phenoxy) is 2. The number of aromatic nitrogens is 1. The molecule has 1 aromatic carbocycles. The van der Waals surface area contributed by atoms with Gasteiger partial charge in [0.25, 0.3) is 11.5 Å². The predicted molar refractivity (Wildman–Crippen MR) is 105 cm³/mol. The zero-order valence-corrected chi connectivity index (χ0v) is 16.4. The second kappa shape index (κ2) is 9.65. The van der Waals surface area contributed by atoms with Crippen molar-refractivity contribution in [2.24, 2.45) is 0 Å². The Labute approximate surface area is 175 Å². The summed E-state index contributed by atoms with van der Waals surface area (Å²) >= 11 is 0. The van der Waals surface area contributed by atoms with Crippen LogP contribution in [0, 0.1) is 0 Å². The van der Waals surface area contributed by atoms with Crippen LogP contribution in [0.15, 0.2) is 47.4 Å². The Morgan fingerprint density at radius 3 is 2.39 bits per heavy atom. The molecule has 1 saturated heterocycles. The molecule has 1 aliphatic rings.